The Hall–Kier alpha value is -2.23. The Morgan fingerprint density at radius 2 is 2.12 bits per heavy atom. The highest BCUT2D eigenvalue weighted by molar-refractivity contribution is 7.89. The third-order valence-electron chi connectivity index (χ3n) is 4.01. The molecule has 0 N–H and O–H groups in total. The Bertz CT molecular complexity index is 828. The third kappa shape index (κ3) is 4.06. The number of nitrogens with zero attached hydrogens (tertiary/aromatic N) is 2. The highest BCUT2D eigenvalue weighted by atomic mass is 32.2. The second kappa shape index (κ2) is 7.34. The third-order valence-corrected chi connectivity index (χ3v) is 5.82. The zero-order chi connectivity index (χ0) is 17.9. The van der Waals surface area contributed by atoms with E-state index in [-0.39, 0.29) is 29.8 Å². The summed E-state index contributed by atoms with van der Waals surface area (Å²) >= 11 is 0. The Morgan fingerprint density at radius 3 is 2.76 bits per heavy atom. The summed E-state index contributed by atoms with van der Waals surface area (Å²) in [4.78, 5) is 10.2. The highest BCUT2D eigenvalue weighted by Crippen LogP contribution is 2.25. The average Bonchev–Trinajstić information content (AvgIpc) is 3.28. The fourth-order valence-corrected chi connectivity index (χ4v) is 4.22. The fraction of sp³-hybridized carbons (Fsp3) is 0.375. The second-order valence-electron chi connectivity index (χ2n) is 5.77. The number of nitro groups is 1. The molecule has 0 radical (unpaired) electrons. The SMILES string of the molecule is O=[N+]([O-])c1cccc(S(=O)(=O)N(Cc2ccco2)CC2CCCO2)c1. The maximum Gasteiger partial charge on any atom is 0.270 e. The minimum atomic E-state index is -3.93. The van der Waals surface area contributed by atoms with Gasteiger partial charge in [0, 0.05) is 25.3 Å². The van der Waals surface area contributed by atoms with Gasteiger partial charge in [-0.05, 0) is 31.0 Å². The van der Waals surface area contributed by atoms with Gasteiger partial charge in [0.05, 0.1) is 28.7 Å². The summed E-state index contributed by atoms with van der Waals surface area (Å²) in [6.07, 6.45) is 2.94. The molecule has 1 aliphatic rings. The lowest BCUT2D eigenvalue weighted by molar-refractivity contribution is -0.385. The molecule has 0 aliphatic carbocycles. The summed E-state index contributed by atoms with van der Waals surface area (Å²) in [5.74, 6) is 0.493. The predicted octanol–water partition coefficient (Wildman–Crippen LogP) is 2.56. The van der Waals surface area contributed by atoms with Crippen LogP contribution in [0.2, 0.25) is 0 Å². The Balaban J connectivity index is 1.91. The molecular formula is C16H18N2O6S. The molecule has 1 atom stereocenters. The standard InChI is InChI=1S/C16H18N2O6S/c19-18(20)13-4-1-7-16(10-13)25(21,22)17(11-14-5-2-8-23-14)12-15-6-3-9-24-15/h1-2,4-5,7-8,10,15H,3,6,9,11-12H2. The van der Waals surface area contributed by atoms with Gasteiger partial charge in [-0.25, -0.2) is 8.42 Å². The van der Waals surface area contributed by atoms with E-state index in [4.69, 9.17) is 9.15 Å². The molecular weight excluding hydrogens is 348 g/mol. The van der Waals surface area contributed by atoms with Crippen molar-refractivity contribution in [2.45, 2.75) is 30.4 Å². The number of hydrogen-bond donors (Lipinski definition) is 0. The zero-order valence-corrected chi connectivity index (χ0v) is 14.2. The second-order valence-corrected chi connectivity index (χ2v) is 7.70. The van der Waals surface area contributed by atoms with Gasteiger partial charge in [0.25, 0.3) is 5.69 Å². The Morgan fingerprint density at radius 1 is 1.28 bits per heavy atom. The first-order valence-corrected chi connectivity index (χ1v) is 9.29. The first-order chi connectivity index (χ1) is 12.0. The van der Waals surface area contributed by atoms with Gasteiger partial charge < -0.3 is 9.15 Å². The number of hydrogen-bond acceptors (Lipinski definition) is 6. The molecule has 1 aliphatic heterocycles. The molecule has 1 aromatic heterocycles. The quantitative estimate of drug-likeness (QED) is 0.551. The molecule has 3 rings (SSSR count). The molecule has 1 aromatic carbocycles. The maximum atomic E-state index is 13.0. The van der Waals surface area contributed by atoms with E-state index >= 15 is 0 Å². The van der Waals surface area contributed by atoms with E-state index in [1.807, 2.05) is 0 Å². The maximum absolute atomic E-state index is 13.0. The lowest BCUT2D eigenvalue weighted by Crippen LogP contribution is -2.36. The molecule has 9 heteroatoms. The lowest BCUT2D eigenvalue weighted by Gasteiger charge is -2.24. The van der Waals surface area contributed by atoms with Crippen molar-refractivity contribution in [1.29, 1.82) is 0 Å². The van der Waals surface area contributed by atoms with Crippen molar-refractivity contribution in [3.05, 3.63) is 58.5 Å². The van der Waals surface area contributed by atoms with Crippen LogP contribution in [0.4, 0.5) is 5.69 Å². The van der Waals surface area contributed by atoms with Crippen molar-refractivity contribution in [2.24, 2.45) is 0 Å². The Labute approximate surface area is 145 Å². The van der Waals surface area contributed by atoms with E-state index in [1.165, 1.54) is 28.8 Å². The minimum Gasteiger partial charge on any atom is -0.468 e. The predicted molar refractivity (Wildman–Crippen MR) is 88.4 cm³/mol. The molecule has 1 fully saturated rings. The molecule has 2 aromatic rings. The van der Waals surface area contributed by atoms with Crippen LogP contribution < -0.4 is 0 Å². The molecule has 134 valence electrons. The number of non-ortho nitro benzene ring substituents is 1. The van der Waals surface area contributed by atoms with E-state index in [2.05, 4.69) is 0 Å². The van der Waals surface area contributed by atoms with Crippen molar-refractivity contribution in [3.63, 3.8) is 0 Å². The number of rotatable bonds is 7. The van der Waals surface area contributed by atoms with Gasteiger partial charge in [0.2, 0.25) is 10.0 Å². The van der Waals surface area contributed by atoms with Gasteiger partial charge in [-0.2, -0.15) is 4.31 Å². The molecule has 2 heterocycles. The van der Waals surface area contributed by atoms with E-state index in [0.29, 0.717) is 12.4 Å². The van der Waals surface area contributed by atoms with Crippen molar-refractivity contribution in [3.8, 4) is 0 Å². The summed E-state index contributed by atoms with van der Waals surface area (Å²) in [5.41, 5.74) is -0.267. The normalized spacial score (nSPS) is 17.9. The summed E-state index contributed by atoms with van der Waals surface area (Å²) < 4.78 is 38.1. The van der Waals surface area contributed by atoms with Crippen LogP contribution in [-0.2, 0) is 21.3 Å². The summed E-state index contributed by atoms with van der Waals surface area (Å²) in [6, 6.07) is 8.41. The monoisotopic (exact) mass is 366 g/mol. The van der Waals surface area contributed by atoms with Crippen molar-refractivity contribution < 1.29 is 22.5 Å². The molecule has 0 saturated carbocycles. The first kappa shape index (κ1) is 17.6. The minimum absolute atomic E-state index is 0.0396. The van der Waals surface area contributed by atoms with Gasteiger partial charge in [-0.1, -0.05) is 6.07 Å². The molecule has 1 saturated heterocycles. The first-order valence-electron chi connectivity index (χ1n) is 7.85. The Kier molecular flexibility index (Phi) is 5.16. The van der Waals surface area contributed by atoms with Crippen molar-refractivity contribution >= 4 is 15.7 Å². The number of ether oxygens (including phenoxy) is 1. The average molecular weight is 366 g/mol. The topological polar surface area (TPSA) is 103 Å². The van der Waals surface area contributed by atoms with Gasteiger partial charge in [-0.3, -0.25) is 10.1 Å². The molecule has 0 bridgehead atoms. The van der Waals surface area contributed by atoms with Gasteiger partial charge in [0.1, 0.15) is 5.76 Å². The van der Waals surface area contributed by atoms with Crippen LogP contribution in [0, 0.1) is 10.1 Å². The van der Waals surface area contributed by atoms with Crippen molar-refractivity contribution in [1.82, 2.24) is 4.31 Å². The number of benzene rings is 1. The summed E-state index contributed by atoms with van der Waals surface area (Å²) in [5, 5.41) is 10.9. The highest BCUT2D eigenvalue weighted by Gasteiger charge is 2.30. The zero-order valence-electron chi connectivity index (χ0n) is 13.4. The number of furan rings is 1. The van der Waals surface area contributed by atoms with Gasteiger partial charge in [0.15, 0.2) is 0 Å². The van der Waals surface area contributed by atoms with E-state index < -0.39 is 14.9 Å². The number of nitro benzene ring substituents is 1. The molecule has 0 amide bonds. The lowest BCUT2D eigenvalue weighted by atomic mass is 10.2. The number of sulfonamides is 1. The van der Waals surface area contributed by atoms with Crippen LogP contribution in [0.15, 0.2) is 52.0 Å². The van der Waals surface area contributed by atoms with E-state index in [9.17, 15) is 18.5 Å². The largest absolute Gasteiger partial charge is 0.468 e. The van der Waals surface area contributed by atoms with Crippen LogP contribution in [0.25, 0.3) is 0 Å². The molecule has 1 unspecified atom stereocenters. The van der Waals surface area contributed by atoms with Crippen LogP contribution in [0.3, 0.4) is 0 Å². The van der Waals surface area contributed by atoms with Crippen LogP contribution in [0.5, 0.6) is 0 Å². The summed E-state index contributed by atoms with van der Waals surface area (Å²) in [6.45, 7) is 0.819. The van der Waals surface area contributed by atoms with Crippen LogP contribution in [0.1, 0.15) is 18.6 Å². The van der Waals surface area contributed by atoms with Crippen molar-refractivity contribution in [2.75, 3.05) is 13.2 Å². The van der Waals surface area contributed by atoms with E-state index in [0.717, 1.165) is 18.9 Å². The van der Waals surface area contributed by atoms with Gasteiger partial charge in [-0.15, -0.1) is 0 Å². The fourth-order valence-electron chi connectivity index (χ4n) is 2.75. The van der Waals surface area contributed by atoms with E-state index in [1.54, 1.807) is 12.1 Å². The smallest absolute Gasteiger partial charge is 0.270 e. The van der Waals surface area contributed by atoms with Crippen LogP contribution in [-0.4, -0.2) is 36.9 Å². The molecule has 25 heavy (non-hydrogen) atoms. The summed E-state index contributed by atoms with van der Waals surface area (Å²) in [7, 11) is -3.93. The van der Waals surface area contributed by atoms with Gasteiger partial charge >= 0.3 is 0 Å². The molecule has 0 spiro atoms. The molecule has 8 nitrogen and oxygen atoms in total. The van der Waals surface area contributed by atoms with Crippen LogP contribution >= 0.6 is 0 Å².